The normalized spacial score (nSPS) is 19.5. The van der Waals surface area contributed by atoms with Crippen molar-refractivity contribution in [1.82, 2.24) is 15.0 Å². The molecule has 5 rings (SSSR count). The minimum absolute atomic E-state index is 0.0437. The molecule has 0 bridgehead atoms. The molecule has 17 heteroatoms. The maximum Gasteiger partial charge on any atom is 0.416 e. The molecule has 0 spiro atoms. The van der Waals surface area contributed by atoms with Crippen molar-refractivity contribution in [2.45, 2.75) is 63.7 Å². The number of ether oxygens (including phenoxy) is 3. The van der Waals surface area contributed by atoms with Crippen LogP contribution in [-0.2, 0) is 28.2 Å². The number of hydrogen-bond acceptors (Lipinski definition) is 10. The molecule has 3 atom stereocenters. The highest BCUT2D eigenvalue weighted by Gasteiger charge is 2.40. The van der Waals surface area contributed by atoms with Gasteiger partial charge in [-0.25, -0.2) is 19.6 Å². The van der Waals surface area contributed by atoms with E-state index in [0.717, 1.165) is 0 Å². The molecule has 2 aromatic heterocycles. The highest BCUT2D eigenvalue weighted by molar-refractivity contribution is 5.95. The topological polar surface area (TPSA) is 119 Å². The number of fused-ring (bicyclic) bond motifs is 2. The summed E-state index contributed by atoms with van der Waals surface area (Å²) in [5.41, 5.74) is -2.29. The Morgan fingerprint density at radius 3 is 2.35 bits per heavy atom. The first kappa shape index (κ1) is 34.5. The first-order valence-electron chi connectivity index (χ1n) is 15.0. The monoisotopic (exact) mass is 682 g/mol. The molecule has 0 radical (unpaired) electrons. The van der Waals surface area contributed by atoms with Crippen molar-refractivity contribution < 1.29 is 50.1 Å². The van der Waals surface area contributed by atoms with Gasteiger partial charge in [0.1, 0.15) is 17.5 Å². The third kappa shape index (κ3) is 7.18. The molecule has 3 aromatic rings. The standard InChI is InChI=1S/C31H32F6N6O5/c1-5-19-13-22(25-23(7-8-24(40-25)46-4)43(19)29(45)47-6-2)39-28-38-14-21-26(41-28)42(3)15-20(48-27(21)44)11-16-9-17(30(32,33)34)12-18(10-16)31(35,36)37/h7-10,12,14,19-20,22H,5-6,11,13,15H2,1-4H3,(H,38,39,41)/t19-,20?,22+/m1/s1. The van der Waals surface area contributed by atoms with Gasteiger partial charge in [0.2, 0.25) is 11.8 Å². The number of amides is 1. The van der Waals surface area contributed by atoms with Gasteiger partial charge in [0.25, 0.3) is 0 Å². The molecular weight excluding hydrogens is 650 g/mol. The molecule has 0 saturated carbocycles. The number of carbonyl (C=O) groups is 2. The van der Waals surface area contributed by atoms with Gasteiger partial charge in [0.15, 0.2) is 0 Å². The van der Waals surface area contributed by atoms with Crippen LogP contribution >= 0.6 is 0 Å². The Balaban J connectivity index is 1.41. The summed E-state index contributed by atoms with van der Waals surface area (Å²) in [6, 6.07) is 3.81. The summed E-state index contributed by atoms with van der Waals surface area (Å²) in [6.45, 7) is 3.72. The first-order valence-corrected chi connectivity index (χ1v) is 15.0. The highest BCUT2D eigenvalue weighted by atomic mass is 19.4. The van der Waals surface area contributed by atoms with Crippen LogP contribution in [0.1, 0.15) is 65.5 Å². The van der Waals surface area contributed by atoms with Crippen LogP contribution in [0.2, 0.25) is 0 Å². The van der Waals surface area contributed by atoms with Crippen molar-refractivity contribution in [2.24, 2.45) is 0 Å². The second-order valence-electron chi connectivity index (χ2n) is 11.3. The number of rotatable bonds is 7. The predicted molar refractivity (Wildman–Crippen MR) is 160 cm³/mol. The summed E-state index contributed by atoms with van der Waals surface area (Å²) >= 11 is 0. The molecule has 0 fully saturated rings. The van der Waals surface area contributed by atoms with Crippen LogP contribution in [0.4, 0.5) is 48.6 Å². The maximum absolute atomic E-state index is 13.4. The van der Waals surface area contributed by atoms with E-state index < -0.39 is 54.1 Å². The molecule has 0 saturated heterocycles. The highest BCUT2D eigenvalue weighted by Crippen LogP contribution is 2.41. The molecule has 1 aromatic carbocycles. The number of esters is 1. The van der Waals surface area contributed by atoms with E-state index in [0.29, 0.717) is 42.2 Å². The van der Waals surface area contributed by atoms with Crippen molar-refractivity contribution in [3.05, 3.63) is 64.5 Å². The molecule has 4 heterocycles. The zero-order chi connectivity index (χ0) is 35.0. The summed E-state index contributed by atoms with van der Waals surface area (Å²) in [6.07, 6.45) is -9.89. The number of pyridine rings is 1. The SMILES string of the molecule is CCOC(=O)N1c2ccc(OC)nc2[C@@H](Nc2ncc3c(n2)N(C)CC(Cc2cc(C(F)(F)F)cc(C(F)(F)F)c2)OC3=O)C[C@H]1CC. The predicted octanol–water partition coefficient (Wildman–Crippen LogP) is 6.43. The van der Waals surface area contributed by atoms with Crippen molar-refractivity contribution in [3.8, 4) is 5.88 Å². The van der Waals surface area contributed by atoms with Gasteiger partial charge in [0.05, 0.1) is 48.8 Å². The third-order valence-electron chi connectivity index (χ3n) is 8.00. The van der Waals surface area contributed by atoms with Crippen LogP contribution in [0, 0.1) is 0 Å². The number of cyclic esters (lactones) is 1. The average molecular weight is 683 g/mol. The largest absolute Gasteiger partial charge is 0.481 e. The number of carbonyl (C=O) groups excluding carboxylic acids is 2. The van der Waals surface area contributed by atoms with Crippen LogP contribution in [0.3, 0.4) is 0 Å². The summed E-state index contributed by atoms with van der Waals surface area (Å²) in [4.78, 5) is 42.5. The number of nitrogens with one attached hydrogen (secondary N) is 1. The van der Waals surface area contributed by atoms with Crippen LogP contribution < -0.4 is 19.9 Å². The molecule has 48 heavy (non-hydrogen) atoms. The number of nitrogens with zero attached hydrogens (tertiary/aromatic N) is 5. The van der Waals surface area contributed by atoms with Gasteiger partial charge >= 0.3 is 24.4 Å². The second-order valence-corrected chi connectivity index (χ2v) is 11.3. The number of anilines is 3. The van der Waals surface area contributed by atoms with E-state index in [9.17, 15) is 35.9 Å². The lowest BCUT2D eigenvalue weighted by Crippen LogP contribution is -2.46. The fourth-order valence-corrected chi connectivity index (χ4v) is 5.81. The zero-order valence-electron chi connectivity index (χ0n) is 26.3. The van der Waals surface area contributed by atoms with E-state index >= 15 is 0 Å². The molecule has 1 unspecified atom stereocenters. The Bertz CT molecular complexity index is 1650. The number of methoxy groups -OCH3 is 1. The molecule has 258 valence electrons. The molecule has 11 nitrogen and oxygen atoms in total. The van der Waals surface area contributed by atoms with Crippen LogP contribution in [0.25, 0.3) is 0 Å². The maximum atomic E-state index is 13.4. The quantitative estimate of drug-likeness (QED) is 0.221. The number of alkyl halides is 6. The summed E-state index contributed by atoms with van der Waals surface area (Å²) in [7, 11) is 3.02. The molecular formula is C31H32F6N6O5. The van der Waals surface area contributed by atoms with E-state index in [1.165, 1.54) is 18.2 Å². The summed E-state index contributed by atoms with van der Waals surface area (Å²) < 4.78 is 96.6. The van der Waals surface area contributed by atoms with Crippen molar-refractivity contribution in [3.63, 3.8) is 0 Å². The summed E-state index contributed by atoms with van der Waals surface area (Å²) in [5.74, 6) is -0.354. The Kier molecular flexibility index (Phi) is 9.60. The average Bonchev–Trinajstić information content (AvgIpc) is 3.14. The van der Waals surface area contributed by atoms with Crippen molar-refractivity contribution in [2.75, 3.05) is 42.4 Å². The molecule has 1 N–H and O–H groups in total. The Morgan fingerprint density at radius 1 is 1.06 bits per heavy atom. The lowest BCUT2D eigenvalue weighted by molar-refractivity contribution is -0.143. The van der Waals surface area contributed by atoms with Gasteiger partial charge < -0.3 is 24.4 Å². The van der Waals surface area contributed by atoms with Gasteiger partial charge in [-0.05, 0) is 49.6 Å². The van der Waals surface area contributed by atoms with Crippen molar-refractivity contribution in [1.29, 1.82) is 0 Å². The fourth-order valence-electron chi connectivity index (χ4n) is 5.81. The minimum atomic E-state index is -5.02. The fraction of sp³-hybridized carbons (Fsp3) is 0.452. The molecule has 0 aliphatic carbocycles. The van der Waals surface area contributed by atoms with Gasteiger partial charge in [-0.15, -0.1) is 0 Å². The summed E-state index contributed by atoms with van der Waals surface area (Å²) in [5, 5.41) is 3.23. The van der Waals surface area contributed by atoms with Crippen LogP contribution in [0.15, 0.2) is 36.5 Å². The number of likely N-dealkylation sites (N-methyl/N-ethyl adjacent to an activating group) is 1. The lowest BCUT2D eigenvalue weighted by Gasteiger charge is -2.39. The Labute approximate surface area is 271 Å². The lowest BCUT2D eigenvalue weighted by atomic mass is 9.93. The van der Waals surface area contributed by atoms with Gasteiger partial charge in [-0.1, -0.05) is 6.92 Å². The first-order chi connectivity index (χ1) is 22.6. The van der Waals surface area contributed by atoms with Gasteiger partial charge in [-0.2, -0.15) is 31.3 Å². The Hall–Kier alpha value is -4.83. The van der Waals surface area contributed by atoms with E-state index in [-0.39, 0.29) is 48.2 Å². The molecule has 2 aliphatic heterocycles. The van der Waals surface area contributed by atoms with Crippen molar-refractivity contribution >= 4 is 29.5 Å². The zero-order valence-corrected chi connectivity index (χ0v) is 26.3. The van der Waals surface area contributed by atoms with E-state index in [4.69, 9.17) is 14.2 Å². The number of benzene rings is 1. The van der Waals surface area contributed by atoms with E-state index in [2.05, 4.69) is 20.3 Å². The van der Waals surface area contributed by atoms with Gasteiger partial charge in [0, 0.05) is 31.8 Å². The van der Waals surface area contributed by atoms with Gasteiger partial charge in [-0.3, -0.25) is 4.90 Å². The Morgan fingerprint density at radius 2 is 1.75 bits per heavy atom. The van der Waals surface area contributed by atoms with Crippen LogP contribution in [0.5, 0.6) is 5.88 Å². The van der Waals surface area contributed by atoms with E-state index in [1.54, 1.807) is 31.0 Å². The van der Waals surface area contributed by atoms with Crippen LogP contribution in [-0.4, -0.2) is 66.5 Å². The number of hydrogen-bond donors (Lipinski definition) is 1. The van der Waals surface area contributed by atoms with E-state index in [1.807, 2.05) is 6.92 Å². The number of halogens is 6. The minimum Gasteiger partial charge on any atom is -0.481 e. The molecule has 2 aliphatic rings. The number of aromatic nitrogens is 3. The molecule has 1 amide bonds. The smallest absolute Gasteiger partial charge is 0.416 e. The third-order valence-corrected chi connectivity index (χ3v) is 8.00. The second kappa shape index (κ2) is 13.4.